The van der Waals surface area contributed by atoms with Gasteiger partial charge in [0.2, 0.25) is 11.7 Å². The van der Waals surface area contributed by atoms with E-state index in [4.69, 9.17) is 5.21 Å². The number of carbonyl (C=O) groups excluding carboxylic acids is 2. The highest BCUT2D eigenvalue weighted by Crippen LogP contribution is 2.26. The van der Waals surface area contributed by atoms with Crippen molar-refractivity contribution in [3.63, 3.8) is 0 Å². The van der Waals surface area contributed by atoms with E-state index < -0.39 is 33.9 Å². The predicted octanol–water partition coefficient (Wildman–Crippen LogP) is 4.13. The molecule has 1 aliphatic heterocycles. The Balaban J connectivity index is 2.06. The number of nitro groups is 1. The minimum absolute atomic E-state index is 0.0517. The smallest absolute Gasteiger partial charge is 0.305 e. The minimum atomic E-state index is -0.998. The van der Waals surface area contributed by atoms with E-state index in [1.165, 1.54) is 35.3 Å². The standard InChI is InChI=1S/C23H19F2N3O5/c1-2-22(29)27-8-7-16(9-15-4-6-19(25)21(12-15)28(32)33)23(30)17(13-27)10-14-3-5-18(24)20(11-14)26-31/h2-6,9-12,26,31H,1,7-8,13H2. The van der Waals surface area contributed by atoms with Crippen molar-refractivity contribution in [1.29, 1.82) is 0 Å². The van der Waals surface area contributed by atoms with Crippen LogP contribution in [0.15, 0.2) is 60.2 Å². The van der Waals surface area contributed by atoms with Gasteiger partial charge < -0.3 is 4.90 Å². The van der Waals surface area contributed by atoms with Crippen LogP contribution in [0.4, 0.5) is 20.2 Å². The molecule has 2 N–H and O–H groups in total. The Morgan fingerprint density at radius 2 is 1.76 bits per heavy atom. The summed E-state index contributed by atoms with van der Waals surface area (Å²) >= 11 is 0. The Kier molecular flexibility index (Phi) is 7.09. The first kappa shape index (κ1) is 23.5. The number of anilines is 1. The normalized spacial score (nSPS) is 16.6. The first-order valence-corrected chi connectivity index (χ1v) is 9.74. The molecule has 1 heterocycles. The average molecular weight is 455 g/mol. The molecular formula is C23H19F2N3O5. The van der Waals surface area contributed by atoms with Crippen LogP contribution in [0.3, 0.4) is 0 Å². The van der Waals surface area contributed by atoms with Gasteiger partial charge in [0.25, 0.3) is 0 Å². The van der Waals surface area contributed by atoms with Gasteiger partial charge in [0.05, 0.1) is 10.6 Å². The summed E-state index contributed by atoms with van der Waals surface area (Å²) in [4.78, 5) is 37.1. The number of likely N-dealkylation sites (tertiary alicyclic amines) is 1. The van der Waals surface area contributed by atoms with E-state index in [1.54, 1.807) is 5.48 Å². The first-order valence-electron chi connectivity index (χ1n) is 9.74. The van der Waals surface area contributed by atoms with Crippen molar-refractivity contribution in [3.8, 4) is 0 Å². The van der Waals surface area contributed by atoms with Crippen LogP contribution in [-0.4, -0.2) is 39.8 Å². The van der Waals surface area contributed by atoms with Gasteiger partial charge in [-0.05, 0) is 54.0 Å². The SMILES string of the molecule is C=CC(=O)N1CCC(=Cc2ccc(F)c([N+](=O)[O-])c2)C(=O)C(=Cc2ccc(F)c(NO)c2)C1. The molecule has 1 aliphatic rings. The lowest BCUT2D eigenvalue weighted by molar-refractivity contribution is -0.387. The number of nitro benzene ring substituents is 1. The van der Waals surface area contributed by atoms with Crippen LogP contribution in [0.2, 0.25) is 0 Å². The van der Waals surface area contributed by atoms with Crippen molar-refractivity contribution in [2.45, 2.75) is 6.42 Å². The zero-order valence-electron chi connectivity index (χ0n) is 17.3. The summed E-state index contributed by atoms with van der Waals surface area (Å²) in [7, 11) is 0. The first-order chi connectivity index (χ1) is 15.7. The number of halogens is 2. The van der Waals surface area contributed by atoms with E-state index in [0.29, 0.717) is 5.56 Å². The molecule has 10 heteroatoms. The van der Waals surface area contributed by atoms with E-state index in [0.717, 1.165) is 24.3 Å². The molecule has 0 aromatic heterocycles. The maximum Gasteiger partial charge on any atom is 0.305 e. The van der Waals surface area contributed by atoms with Crippen LogP contribution >= 0.6 is 0 Å². The molecule has 0 spiro atoms. The highest BCUT2D eigenvalue weighted by atomic mass is 19.1. The molecule has 1 amide bonds. The van der Waals surface area contributed by atoms with E-state index in [-0.39, 0.29) is 41.9 Å². The number of nitrogens with one attached hydrogen (secondary N) is 1. The zero-order valence-corrected chi connectivity index (χ0v) is 17.3. The van der Waals surface area contributed by atoms with Crippen molar-refractivity contribution in [3.05, 3.63) is 93.1 Å². The molecule has 0 saturated carbocycles. The second-order valence-corrected chi connectivity index (χ2v) is 7.20. The fraction of sp³-hybridized carbons (Fsp3) is 0.130. The van der Waals surface area contributed by atoms with Crippen molar-refractivity contribution in [2.75, 3.05) is 18.6 Å². The zero-order chi connectivity index (χ0) is 24.1. The van der Waals surface area contributed by atoms with Crippen LogP contribution in [0.5, 0.6) is 0 Å². The molecule has 2 aromatic carbocycles. The van der Waals surface area contributed by atoms with Gasteiger partial charge in [0.1, 0.15) is 5.82 Å². The third-order valence-electron chi connectivity index (χ3n) is 5.04. The molecule has 0 aliphatic carbocycles. The summed E-state index contributed by atoms with van der Waals surface area (Å²) in [6.45, 7) is 3.59. The van der Waals surface area contributed by atoms with Crippen LogP contribution in [0.25, 0.3) is 12.2 Å². The van der Waals surface area contributed by atoms with Gasteiger partial charge >= 0.3 is 5.69 Å². The number of amides is 1. The fourth-order valence-electron chi connectivity index (χ4n) is 3.38. The molecule has 33 heavy (non-hydrogen) atoms. The Labute approximate surface area is 187 Å². The third kappa shape index (κ3) is 5.36. The second kappa shape index (κ2) is 9.96. The number of hydrogen-bond acceptors (Lipinski definition) is 6. The number of hydrogen-bond donors (Lipinski definition) is 2. The molecule has 1 saturated heterocycles. The van der Waals surface area contributed by atoms with E-state index in [2.05, 4.69) is 6.58 Å². The van der Waals surface area contributed by atoms with E-state index in [9.17, 15) is 28.5 Å². The van der Waals surface area contributed by atoms with Crippen molar-refractivity contribution < 1.29 is 28.5 Å². The molecule has 0 unspecified atom stereocenters. The summed E-state index contributed by atoms with van der Waals surface area (Å²) in [5.41, 5.74) is 1.90. The van der Waals surface area contributed by atoms with Crippen molar-refractivity contribution >= 4 is 35.2 Å². The maximum absolute atomic E-state index is 13.7. The number of nitrogens with zero attached hydrogens (tertiary/aromatic N) is 2. The molecule has 0 radical (unpaired) electrons. The molecule has 2 aromatic rings. The van der Waals surface area contributed by atoms with Crippen molar-refractivity contribution in [2.24, 2.45) is 0 Å². The number of ketones is 1. The monoisotopic (exact) mass is 455 g/mol. The average Bonchev–Trinajstić information content (AvgIpc) is 2.95. The lowest BCUT2D eigenvalue weighted by Gasteiger charge is -2.18. The minimum Gasteiger partial charge on any atom is -0.334 e. The number of rotatable bonds is 5. The number of carbonyl (C=O) groups is 2. The lowest BCUT2D eigenvalue weighted by Crippen LogP contribution is -2.31. The Morgan fingerprint density at radius 3 is 2.39 bits per heavy atom. The maximum atomic E-state index is 13.7. The number of benzene rings is 2. The van der Waals surface area contributed by atoms with Gasteiger partial charge in [-0.1, -0.05) is 18.7 Å². The van der Waals surface area contributed by atoms with Crippen LogP contribution in [0, 0.1) is 21.7 Å². The molecule has 3 rings (SSSR count). The summed E-state index contributed by atoms with van der Waals surface area (Å²) in [6.07, 6.45) is 4.13. The van der Waals surface area contributed by atoms with Crippen LogP contribution in [-0.2, 0) is 9.59 Å². The highest BCUT2D eigenvalue weighted by molar-refractivity contribution is 6.14. The molecule has 170 valence electrons. The predicted molar refractivity (Wildman–Crippen MR) is 117 cm³/mol. The number of Topliss-reactive ketones (excluding diaryl/α,β-unsaturated/α-hetero) is 1. The van der Waals surface area contributed by atoms with E-state index in [1.807, 2.05) is 0 Å². The Morgan fingerprint density at radius 1 is 1.12 bits per heavy atom. The van der Waals surface area contributed by atoms with Crippen LogP contribution < -0.4 is 5.48 Å². The molecule has 0 atom stereocenters. The second-order valence-electron chi connectivity index (χ2n) is 7.20. The van der Waals surface area contributed by atoms with Gasteiger partial charge in [0.15, 0.2) is 5.78 Å². The summed E-state index contributed by atoms with van der Waals surface area (Å²) in [6, 6.07) is 7.06. The van der Waals surface area contributed by atoms with Crippen LogP contribution in [0.1, 0.15) is 17.5 Å². The summed E-state index contributed by atoms with van der Waals surface area (Å²) in [5, 5.41) is 20.1. The van der Waals surface area contributed by atoms with Gasteiger partial charge in [-0.25, -0.2) is 4.39 Å². The Bertz CT molecular complexity index is 1210. The van der Waals surface area contributed by atoms with Gasteiger partial charge in [0, 0.05) is 30.3 Å². The van der Waals surface area contributed by atoms with Gasteiger partial charge in [-0.3, -0.25) is 30.4 Å². The quantitative estimate of drug-likeness (QED) is 0.398. The Hall–Kier alpha value is -4.18. The molecule has 0 bridgehead atoms. The third-order valence-corrected chi connectivity index (χ3v) is 5.04. The topological polar surface area (TPSA) is 113 Å². The van der Waals surface area contributed by atoms with Crippen molar-refractivity contribution in [1.82, 2.24) is 4.90 Å². The summed E-state index contributed by atoms with van der Waals surface area (Å²) in [5.74, 6) is -2.52. The van der Waals surface area contributed by atoms with E-state index >= 15 is 0 Å². The molecular weight excluding hydrogens is 436 g/mol. The lowest BCUT2D eigenvalue weighted by atomic mass is 9.98. The molecule has 1 fully saturated rings. The highest BCUT2D eigenvalue weighted by Gasteiger charge is 2.25. The van der Waals surface area contributed by atoms with Gasteiger partial charge in [-0.2, -0.15) is 4.39 Å². The summed E-state index contributed by atoms with van der Waals surface area (Å²) < 4.78 is 27.3. The van der Waals surface area contributed by atoms with Gasteiger partial charge in [-0.15, -0.1) is 0 Å². The fourth-order valence-corrected chi connectivity index (χ4v) is 3.38. The molecule has 8 nitrogen and oxygen atoms in total. The largest absolute Gasteiger partial charge is 0.334 e.